The van der Waals surface area contributed by atoms with Crippen molar-refractivity contribution < 1.29 is 9.47 Å². The second-order valence-electron chi connectivity index (χ2n) is 5.13. The van der Waals surface area contributed by atoms with Crippen LogP contribution in [-0.2, 0) is 9.47 Å². The van der Waals surface area contributed by atoms with Gasteiger partial charge in [0.2, 0.25) is 0 Å². The molecule has 19 heavy (non-hydrogen) atoms. The number of allylic oxidation sites excluding steroid dienone is 2. The van der Waals surface area contributed by atoms with Gasteiger partial charge in [0.1, 0.15) is 0 Å². The Labute approximate surface area is 129 Å². The van der Waals surface area contributed by atoms with Crippen LogP contribution in [0, 0.1) is 18.3 Å². The molecule has 0 radical (unpaired) electrons. The van der Waals surface area contributed by atoms with Crippen molar-refractivity contribution in [3.05, 3.63) is 12.2 Å². The van der Waals surface area contributed by atoms with Gasteiger partial charge >= 0.3 is 0 Å². The molecule has 106 valence electrons. The van der Waals surface area contributed by atoms with E-state index in [4.69, 9.17) is 27.5 Å². The Balaban J connectivity index is 1.98. The quantitative estimate of drug-likeness (QED) is 0.431. The Morgan fingerprint density at radius 1 is 1.53 bits per heavy atom. The molecule has 2 fully saturated rings. The summed E-state index contributed by atoms with van der Waals surface area (Å²) < 4.78 is 12.0. The molecule has 0 amide bonds. The minimum Gasteiger partial charge on any atom is -0.373 e. The number of hydrogen-bond acceptors (Lipinski definition) is 2. The molecule has 0 bridgehead atoms. The van der Waals surface area contributed by atoms with E-state index in [2.05, 4.69) is 28.8 Å². The van der Waals surface area contributed by atoms with Crippen LogP contribution >= 0.6 is 27.5 Å². The van der Waals surface area contributed by atoms with Gasteiger partial charge in [-0.05, 0) is 18.9 Å². The Morgan fingerprint density at radius 2 is 2.32 bits per heavy atom. The number of epoxide rings is 1. The van der Waals surface area contributed by atoms with Crippen molar-refractivity contribution in [2.24, 2.45) is 5.92 Å². The first-order valence-electron chi connectivity index (χ1n) is 6.83. The lowest BCUT2D eigenvalue weighted by atomic mass is 9.97. The molecule has 6 atom stereocenters. The van der Waals surface area contributed by atoms with E-state index in [9.17, 15) is 0 Å². The molecule has 0 spiro atoms. The SMILES string of the molecule is C#C/C=C\CC(Cl)C1CC2OC2C(CBr)C(CC)O1. The topological polar surface area (TPSA) is 21.8 Å². The fourth-order valence-corrected chi connectivity index (χ4v) is 3.83. The molecule has 4 heteroatoms. The lowest BCUT2D eigenvalue weighted by molar-refractivity contribution is -0.0484. The Hall–Kier alpha value is -0.0100. The zero-order valence-electron chi connectivity index (χ0n) is 11.1. The van der Waals surface area contributed by atoms with Gasteiger partial charge in [-0.1, -0.05) is 34.9 Å². The maximum Gasteiger partial charge on any atom is 0.0903 e. The predicted octanol–water partition coefficient (Wildman–Crippen LogP) is 3.52. The van der Waals surface area contributed by atoms with Crippen LogP contribution in [0.1, 0.15) is 26.2 Å². The van der Waals surface area contributed by atoms with Crippen LogP contribution in [0.25, 0.3) is 0 Å². The third kappa shape index (κ3) is 3.76. The van der Waals surface area contributed by atoms with Crippen LogP contribution in [0.5, 0.6) is 0 Å². The van der Waals surface area contributed by atoms with Gasteiger partial charge < -0.3 is 9.47 Å². The molecule has 2 heterocycles. The zero-order chi connectivity index (χ0) is 13.8. The van der Waals surface area contributed by atoms with Crippen molar-refractivity contribution in [1.82, 2.24) is 0 Å². The first-order chi connectivity index (χ1) is 9.21. The van der Waals surface area contributed by atoms with Gasteiger partial charge in [0, 0.05) is 17.7 Å². The van der Waals surface area contributed by atoms with Gasteiger partial charge in [0.25, 0.3) is 0 Å². The summed E-state index contributed by atoms with van der Waals surface area (Å²) in [6.07, 6.45) is 12.4. The van der Waals surface area contributed by atoms with Crippen LogP contribution in [0.2, 0.25) is 0 Å². The van der Waals surface area contributed by atoms with Crippen LogP contribution in [0.15, 0.2) is 12.2 Å². The molecule has 0 aromatic rings. The number of rotatable bonds is 5. The van der Waals surface area contributed by atoms with Crippen molar-refractivity contribution in [2.75, 3.05) is 5.33 Å². The highest BCUT2D eigenvalue weighted by atomic mass is 79.9. The van der Waals surface area contributed by atoms with Gasteiger partial charge in [-0.3, -0.25) is 0 Å². The molecule has 0 aromatic carbocycles. The molecule has 2 aliphatic rings. The van der Waals surface area contributed by atoms with E-state index in [0.717, 1.165) is 24.6 Å². The van der Waals surface area contributed by atoms with Gasteiger partial charge in [0.05, 0.1) is 29.8 Å². The second-order valence-corrected chi connectivity index (χ2v) is 6.34. The second kappa shape index (κ2) is 7.13. The average Bonchev–Trinajstić information content (AvgIpc) is 3.16. The summed E-state index contributed by atoms with van der Waals surface area (Å²) in [5.74, 6) is 2.92. The largest absolute Gasteiger partial charge is 0.373 e. The van der Waals surface area contributed by atoms with Crippen LogP contribution in [0.4, 0.5) is 0 Å². The van der Waals surface area contributed by atoms with Crippen molar-refractivity contribution in [2.45, 2.75) is 56.0 Å². The highest BCUT2D eigenvalue weighted by Crippen LogP contribution is 2.42. The van der Waals surface area contributed by atoms with Crippen molar-refractivity contribution in [3.8, 4) is 12.3 Å². The van der Waals surface area contributed by atoms with E-state index in [1.54, 1.807) is 6.08 Å². The molecular formula is C15H20BrClO2. The van der Waals surface area contributed by atoms with Crippen LogP contribution in [0.3, 0.4) is 0 Å². The molecule has 0 aromatic heterocycles. The number of alkyl halides is 2. The summed E-state index contributed by atoms with van der Waals surface area (Å²) in [6.45, 7) is 2.15. The highest BCUT2D eigenvalue weighted by molar-refractivity contribution is 9.09. The summed E-state index contributed by atoms with van der Waals surface area (Å²) >= 11 is 10.0. The first kappa shape index (κ1) is 15.4. The number of fused-ring (bicyclic) bond motifs is 1. The van der Waals surface area contributed by atoms with E-state index in [-0.39, 0.29) is 17.6 Å². The molecule has 0 N–H and O–H groups in total. The Kier molecular flexibility index (Phi) is 5.77. The number of hydrogen-bond donors (Lipinski definition) is 0. The van der Waals surface area contributed by atoms with E-state index in [0.29, 0.717) is 18.1 Å². The minimum atomic E-state index is -0.0439. The normalized spacial score (nSPS) is 39.4. The van der Waals surface area contributed by atoms with Gasteiger partial charge in [0.15, 0.2) is 0 Å². The average molecular weight is 348 g/mol. The van der Waals surface area contributed by atoms with Crippen molar-refractivity contribution in [1.29, 1.82) is 0 Å². The van der Waals surface area contributed by atoms with E-state index in [1.807, 2.05) is 6.08 Å². The standard InChI is InChI=1S/C15H20BrClO2/c1-3-5-6-7-11(17)13-8-14-15(19-14)10(9-16)12(4-2)18-13/h1,5-6,10-15H,4,7-9H2,2H3/b6-5-. The first-order valence-corrected chi connectivity index (χ1v) is 8.39. The summed E-state index contributed by atoms with van der Waals surface area (Å²) in [5, 5.41) is 0.876. The fourth-order valence-electron chi connectivity index (χ4n) is 2.78. The monoisotopic (exact) mass is 346 g/mol. The Morgan fingerprint density at radius 3 is 2.95 bits per heavy atom. The lowest BCUT2D eigenvalue weighted by Gasteiger charge is -2.28. The molecule has 0 aliphatic carbocycles. The maximum atomic E-state index is 6.45. The lowest BCUT2D eigenvalue weighted by Crippen LogP contribution is -2.34. The van der Waals surface area contributed by atoms with Gasteiger partial charge in [-0.15, -0.1) is 18.0 Å². The third-order valence-electron chi connectivity index (χ3n) is 3.89. The van der Waals surface area contributed by atoms with E-state index in [1.165, 1.54) is 0 Å². The molecule has 2 saturated heterocycles. The van der Waals surface area contributed by atoms with E-state index < -0.39 is 0 Å². The number of terminal acetylenes is 1. The number of ether oxygens (including phenoxy) is 2. The van der Waals surface area contributed by atoms with Crippen LogP contribution in [-0.4, -0.2) is 35.1 Å². The van der Waals surface area contributed by atoms with Crippen molar-refractivity contribution >= 4 is 27.5 Å². The molecular weight excluding hydrogens is 328 g/mol. The van der Waals surface area contributed by atoms with Crippen LogP contribution < -0.4 is 0 Å². The van der Waals surface area contributed by atoms with E-state index >= 15 is 0 Å². The molecule has 0 saturated carbocycles. The Bertz CT molecular complexity index is 366. The van der Waals surface area contributed by atoms with Crippen molar-refractivity contribution in [3.63, 3.8) is 0 Å². The number of halogens is 2. The summed E-state index contributed by atoms with van der Waals surface area (Å²) in [5.41, 5.74) is 0. The fraction of sp³-hybridized carbons (Fsp3) is 0.733. The summed E-state index contributed by atoms with van der Waals surface area (Å²) in [6, 6.07) is 0. The van der Waals surface area contributed by atoms with Gasteiger partial charge in [-0.25, -0.2) is 0 Å². The summed E-state index contributed by atoms with van der Waals surface area (Å²) in [4.78, 5) is 0. The highest BCUT2D eigenvalue weighted by Gasteiger charge is 2.51. The molecule has 2 rings (SSSR count). The predicted molar refractivity (Wildman–Crippen MR) is 81.7 cm³/mol. The zero-order valence-corrected chi connectivity index (χ0v) is 13.4. The minimum absolute atomic E-state index is 0.0439. The van der Waals surface area contributed by atoms with Gasteiger partial charge in [-0.2, -0.15) is 0 Å². The molecule has 2 nitrogen and oxygen atoms in total. The molecule has 6 unspecified atom stereocenters. The summed E-state index contributed by atoms with van der Waals surface area (Å²) in [7, 11) is 0. The molecule has 2 aliphatic heterocycles. The third-order valence-corrected chi connectivity index (χ3v) is 5.10. The smallest absolute Gasteiger partial charge is 0.0903 e. The maximum absolute atomic E-state index is 6.45.